The molecular weight excluding hydrogens is 338 g/mol. The van der Waals surface area contributed by atoms with Crippen molar-refractivity contribution < 1.29 is 13.2 Å². The molecule has 7 heteroatoms. The largest absolute Gasteiger partial charge is 0.309 e. The molecule has 3 rings (SSSR count). The Balaban J connectivity index is 1.80. The molecule has 138 valence electrons. The Morgan fingerprint density at radius 2 is 1.88 bits per heavy atom. The molecule has 1 aromatic carbocycles. The molecule has 0 bridgehead atoms. The van der Waals surface area contributed by atoms with Gasteiger partial charge in [-0.3, -0.25) is 9.69 Å². The Morgan fingerprint density at radius 3 is 2.56 bits per heavy atom. The van der Waals surface area contributed by atoms with E-state index in [2.05, 4.69) is 0 Å². The van der Waals surface area contributed by atoms with Gasteiger partial charge in [-0.25, -0.2) is 8.42 Å². The van der Waals surface area contributed by atoms with E-state index < -0.39 is 10.0 Å². The number of carbonyl (C=O) groups excluding carboxylic acids is 1. The molecule has 0 aromatic heterocycles. The summed E-state index contributed by atoms with van der Waals surface area (Å²) in [4.78, 5) is 16.4. The van der Waals surface area contributed by atoms with Crippen LogP contribution in [0.5, 0.6) is 0 Å². The van der Waals surface area contributed by atoms with Crippen molar-refractivity contribution >= 4 is 21.6 Å². The van der Waals surface area contributed by atoms with Gasteiger partial charge in [-0.1, -0.05) is 31.5 Å². The van der Waals surface area contributed by atoms with Crippen molar-refractivity contribution in [2.75, 3.05) is 43.9 Å². The summed E-state index contributed by atoms with van der Waals surface area (Å²) in [6.45, 7) is 3.85. The lowest BCUT2D eigenvalue weighted by atomic mass is 9.92. The number of para-hydroxylation sites is 1. The number of piperazine rings is 1. The van der Waals surface area contributed by atoms with E-state index in [0.29, 0.717) is 32.6 Å². The standard InChI is InChI=1S/C18H27N3O3S/c1-3-4-12-25(23,24)20-11-10-18(14-20)15-21(17(22)13-19(18)2)16-8-6-5-7-9-16/h5-9H,3-4,10-15H2,1-2H3/t18-/m1/s1. The van der Waals surface area contributed by atoms with Crippen molar-refractivity contribution in [1.29, 1.82) is 0 Å². The number of sulfonamides is 1. The van der Waals surface area contributed by atoms with E-state index in [-0.39, 0.29) is 17.2 Å². The third-order valence-electron chi connectivity index (χ3n) is 5.45. The highest BCUT2D eigenvalue weighted by Crippen LogP contribution is 2.34. The van der Waals surface area contributed by atoms with Crippen molar-refractivity contribution in [2.45, 2.75) is 31.7 Å². The van der Waals surface area contributed by atoms with Crippen LogP contribution in [0.15, 0.2) is 30.3 Å². The molecule has 1 atom stereocenters. The lowest BCUT2D eigenvalue weighted by Gasteiger charge is -2.46. The summed E-state index contributed by atoms with van der Waals surface area (Å²) in [5, 5.41) is 0. The number of likely N-dealkylation sites (N-methyl/N-ethyl adjacent to an activating group) is 1. The molecule has 2 aliphatic heterocycles. The van der Waals surface area contributed by atoms with Crippen molar-refractivity contribution in [3.8, 4) is 0 Å². The maximum absolute atomic E-state index is 12.6. The third-order valence-corrected chi connectivity index (χ3v) is 7.35. The van der Waals surface area contributed by atoms with Gasteiger partial charge in [0.05, 0.1) is 17.8 Å². The highest BCUT2D eigenvalue weighted by atomic mass is 32.2. The van der Waals surface area contributed by atoms with Crippen LogP contribution in [-0.4, -0.2) is 68.0 Å². The number of benzene rings is 1. The first-order chi connectivity index (χ1) is 11.9. The molecule has 0 aliphatic carbocycles. The Morgan fingerprint density at radius 1 is 1.16 bits per heavy atom. The SMILES string of the molecule is CCCCS(=O)(=O)N1CC[C@]2(CN(c3ccccc3)C(=O)CN2C)C1. The average molecular weight is 365 g/mol. The molecule has 1 amide bonds. The number of carbonyl (C=O) groups is 1. The smallest absolute Gasteiger partial charge is 0.241 e. The van der Waals surface area contributed by atoms with E-state index in [0.717, 1.165) is 18.5 Å². The fourth-order valence-electron chi connectivity index (χ4n) is 3.76. The minimum absolute atomic E-state index is 0.0617. The predicted octanol–water partition coefficient (Wildman–Crippen LogP) is 1.54. The van der Waals surface area contributed by atoms with E-state index in [1.165, 1.54) is 0 Å². The van der Waals surface area contributed by atoms with Crippen LogP contribution in [0.3, 0.4) is 0 Å². The maximum Gasteiger partial charge on any atom is 0.241 e. The zero-order valence-electron chi connectivity index (χ0n) is 15.0. The van der Waals surface area contributed by atoms with Gasteiger partial charge >= 0.3 is 0 Å². The molecule has 2 fully saturated rings. The van der Waals surface area contributed by atoms with Crippen molar-refractivity contribution in [2.24, 2.45) is 0 Å². The summed E-state index contributed by atoms with van der Waals surface area (Å²) in [6, 6.07) is 9.63. The van der Waals surface area contributed by atoms with Crippen molar-refractivity contribution in [3.05, 3.63) is 30.3 Å². The van der Waals surface area contributed by atoms with Gasteiger partial charge in [0.2, 0.25) is 15.9 Å². The Hall–Kier alpha value is -1.44. The molecule has 1 spiro atoms. The molecule has 2 heterocycles. The van der Waals surface area contributed by atoms with E-state index in [1.807, 2.05) is 54.1 Å². The first kappa shape index (κ1) is 18.4. The van der Waals surface area contributed by atoms with Crippen LogP contribution in [0.4, 0.5) is 5.69 Å². The maximum atomic E-state index is 12.6. The van der Waals surface area contributed by atoms with Gasteiger partial charge in [0.1, 0.15) is 0 Å². The van der Waals surface area contributed by atoms with Gasteiger partial charge in [0.25, 0.3) is 0 Å². The second kappa shape index (κ2) is 7.05. The summed E-state index contributed by atoms with van der Waals surface area (Å²) in [5.41, 5.74) is 0.579. The first-order valence-electron chi connectivity index (χ1n) is 8.92. The number of amides is 1. The van der Waals surface area contributed by atoms with Gasteiger partial charge in [0, 0.05) is 25.3 Å². The van der Waals surface area contributed by atoms with Gasteiger partial charge in [-0.15, -0.1) is 0 Å². The third kappa shape index (κ3) is 3.59. The van der Waals surface area contributed by atoms with Crippen LogP contribution in [0.2, 0.25) is 0 Å². The second-order valence-electron chi connectivity index (χ2n) is 7.15. The fourth-order valence-corrected chi connectivity index (χ4v) is 5.47. The van der Waals surface area contributed by atoms with E-state index in [9.17, 15) is 13.2 Å². The normalized spacial score (nSPS) is 25.8. The Bertz CT molecular complexity index is 722. The Labute approximate surface area is 150 Å². The van der Waals surface area contributed by atoms with E-state index in [1.54, 1.807) is 4.31 Å². The summed E-state index contributed by atoms with van der Waals surface area (Å²) >= 11 is 0. The fraction of sp³-hybridized carbons (Fsp3) is 0.611. The van der Waals surface area contributed by atoms with Crippen LogP contribution in [-0.2, 0) is 14.8 Å². The second-order valence-corrected chi connectivity index (χ2v) is 9.24. The van der Waals surface area contributed by atoms with Gasteiger partial charge < -0.3 is 4.90 Å². The van der Waals surface area contributed by atoms with Crippen LogP contribution in [0.1, 0.15) is 26.2 Å². The van der Waals surface area contributed by atoms with Crippen LogP contribution < -0.4 is 4.90 Å². The average Bonchev–Trinajstić information content (AvgIpc) is 3.04. The molecule has 0 radical (unpaired) electrons. The highest BCUT2D eigenvalue weighted by Gasteiger charge is 2.49. The highest BCUT2D eigenvalue weighted by molar-refractivity contribution is 7.89. The topological polar surface area (TPSA) is 60.9 Å². The van der Waals surface area contributed by atoms with Crippen LogP contribution in [0, 0.1) is 0 Å². The summed E-state index contributed by atoms with van der Waals surface area (Å²) in [7, 11) is -1.28. The quantitative estimate of drug-likeness (QED) is 0.794. The zero-order chi connectivity index (χ0) is 18.1. The summed E-state index contributed by atoms with van der Waals surface area (Å²) < 4.78 is 26.8. The van der Waals surface area contributed by atoms with Crippen LogP contribution in [0.25, 0.3) is 0 Å². The molecule has 25 heavy (non-hydrogen) atoms. The lowest BCUT2D eigenvalue weighted by molar-refractivity contribution is -0.123. The molecule has 0 unspecified atom stereocenters. The molecule has 0 saturated carbocycles. The minimum atomic E-state index is -3.21. The monoisotopic (exact) mass is 365 g/mol. The number of rotatable bonds is 5. The molecule has 1 aromatic rings. The number of hydrogen-bond acceptors (Lipinski definition) is 4. The molecule has 2 saturated heterocycles. The predicted molar refractivity (Wildman–Crippen MR) is 99.0 cm³/mol. The van der Waals surface area contributed by atoms with Crippen molar-refractivity contribution in [3.63, 3.8) is 0 Å². The minimum Gasteiger partial charge on any atom is -0.309 e. The number of anilines is 1. The van der Waals surface area contributed by atoms with Gasteiger partial charge in [-0.2, -0.15) is 4.31 Å². The summed E-state index contributed by atoms with van der Waals surface area (Å²) in [5.74, 6) is 0.275. The first-order valence-corrected chi connectivity index (χ1v) is 10.5. The van der Waals surface area contributed by atoms with E-state index >= 15 is 0 Å². The van der Waals surface area contributed by atoms with Gasteiger partial charge in [-0.05, 0) is 32.0 Å². The van der Waals surface area contributed by atoms with Gasteiger partial charge in [0.15, 0.2) is 0 Å². The van der Waals surface area contributed by atoms with E-state index in [4.69, 9.17) is 0 Å². The lowest BCUT2D eigenvalue weighted by Crippen LogP contribution is -2.64. The molecule has 0 N–H and O–H groups in total. The van der Waals surface area contributed by atoms with Crippen LogP contribution >= 0.6 is 0 Å². The summed E-state index contributed by atoms with van der Waals surface area (Å²) in [6.07, 6.45) is 2.32. The number of hydrogen-bond donors (Lipinski definition) is 0. The molecule has 6 nitrogen and oxygen atoms in total. The molecule has 2 aliphatic rings. The zero-order valence-corrected chi connectivity index (χ0v) is 15.8. The van der Waals surface area contributed by atoms with Crippen molar-refractivity contribution in [1.82, 2.24) is 9.21 Å². The number of unbranched alkanes of at least 4 members (excludes halogenated alkanes) is 1. The Kier molecular flexibility index (Phi) is 5.18. The molecular formula is C18H27N3O3S. The number of nitrogens with zero attached hydrogens (tertiary/aromatic N) is 3.